The monoisotopic (exact) mass is 344 g/mol. The maximum atomic E-state index is 12.5. The van der Waals surface area contributed by atoms with Crippen molar-refractivity contribution in [1.82, 2.24) is 9.62 Å². The maximum absolute atomic E-state index is 12.5. The van der Waals surface area contributed by atoms with E-state index in [4.69, 9.17) is 4.74 Å². The number of ether oxygens (including phenoxy) is 1. The third kappa shape index (κ3) is 4.18. The molecular formula is C14H22N3O5S+. The predicted molar refractivity (Wildman–Crippen MR) is 84.1 cm³/mol. The molecule has 1 heterocycles. The van der Waals surface area contributed by atoms with Crippen LogP contribution in [0.3, 0.4) is 0 Å². The van der Waals surface area contributed by atoms with E-state index in [2.05, 4.69) is 14.5 Å². The molecule has 0 saturated carbocycles. The molecule has 2 rings (SSSR count). The van der Waals surface area contributed by atoms with Gasteiger partial charge < -0.3 is 9.64 Å². The molecule has 0 unspecified atom stereocenters. The van der Waals surface area contributed by atoms with E-state index in [0.29, 0.717) is 0 Å². The average Bonchev–Trinajstić information content (AvgIpc) is 2.55. The number of nitrogens with one attached hydrogen (secondary N) is 1. The summed E-state index contributed by atoms with van der Waals surface area (Å²) in [5.74, 6) is 0.133. The van der Waals surface area contributed by atoms with Crippen molar-refractivity contribution in [2.75, 3.05) is 34.4 Å². The second kappa shape index (κ2) is 7.24. The molecule has 128 valence electrons. The fraction of sp³-hybridized carbons (Fsp3) is 0.571. The molecule has 8 nitrogen and oxygen atoms in total. The lowest BCUT2D eigenvalue weighted by atomic mass is 10.1. The van der Waals surface area contributed by atoms with Crippen LogP contribution in [0, 0.1) is 4.91 Å². The molecule has 0 atom stereocenters. The van der Waals surface area contributed by atoms with E-state index in [9.17, 15) is 13.3 Å². The smallest absolute Gasteiger partial charge is 0.358 e. The van der Waals surface area contributed by atoms with Crippen LogP contribution in [0.5, 0.6) is 5.75 Å². The van der Waals surface area contributed by atoms with Crippen molar-refractivity contribution in [3.05, 3.63) is 23.1 Å². The van der Waals surface area contributed by atoms with E-state index in [1.807, 2.05) is 7.05 Å². The summed E-state index contributed by atoms with van der Waals surface area (Å²) in [5, 5.41) is 0. The molecule has 1 saturated heterocycles. The predicted octanol–water partition coefficient (Wildman–Crippen LogP) is 1.04. The fourth-order valence-electron chi connectivity index (χ4n) is 2.49. The first-order valence-corrected chi connectivity index (χ1v) is 8.76. The van der Waals surface area contributed by atoms with Crippen molar-refractivity contribution >= 4 is 15.7 Å². The highest BCUT2D eigenvalue weighted by Crippen LogP contribution is 2.30. The van der Waals surface area contributed by atoms with E-state index in [1.54, 1.807) is 0 Å². The fourth-order valence-corrected chi connectivity index (χ4v) is 3.81. The SMILES string of the molecule is COc1cc(S(=O)(=O)NC2CCN(C)CC2)ccc1[N+](=O)OC. The summed E-state index contributed by atoms with van der Waals surface area (Å²) in [7, 11) is 0.929. The van der Waals surface area contributed by atoms with E-state index in [-0.39, 0.29) is 27.3 Å². The van der Waals surface area contributed by atoms with Gasteiger partial charge in [-0.25, -0.2) is 18.0 Å². The zero-order valence-corrected chi connectivity index (χ0v) is 14.3. The van der Waals surface area contributed by atoms with E-state index < -0.39 is 10.0 Å². The molecule has 0 bridgehead atoms. The third-order valence-corrected chi connectivity index (χ3v) is 5.38. The van der Waals surface area contributed by atoms with E-state index in [1.165, 1.54) is 32.4 Å². The van der Waals surface area contributed by atoms with Gasteiger partial charge in [-0.05, 0) is 39.0 Å². The lowest BCUT2D eigenvalue weighted by Gasteiger charge is -2.29. The number of hydrogen-bond donors (Lipinski definition) is 1. The minimum Gasteiger partial charge on any atom is -0.490 e. The summed E-state index contributed by atoms with van der Waals surface area (Å²) in [6.07, 6.45) is 1.53. The van der Waals surface area contributed by atoms with Crippen molar-refractivity contribution in [3.8, 4) is 5.75 Å². The normalized spacial score (nSPS) is 17.0. The number of hydrogen-bond acceptors (Lipinski definition) is 6. The number of benzene rings is 1. The zero-order chi connectivity index (χ0) is 17.0. The average molecular weight is 344 g/mol. The van der Waals surface area contributed by atoms with Gasteiger partial charge >= 0.3 is 5.69 Å². The van der Waals surface area contributed by atoms with Gasteiger partial charge in [0.15, 0.2) is 7.11 Å². The first kappa shape index (κ1) is 17.6. The number of rotatable bonds is 6. The van der Waals surface area contributed by atoms with Crippen LogP contribution >= 0.6 is 0 Å². The van der Waals surface area contributed by atoms with Crippen LogP contribution in [0.25, 0.3) is 0 Å². The van der Waals surface area contributed by atoms with Crippen LogP contribution in [-0.4, -0.2) is 58.6 Å². The van der Waals surface area contributed by atoms with Crippen molar-refractivity contribution < 1.29 is 22.9 Å². The Morgan fingerprint density at radius 2 is 1.91 bits per heavy atom. The second-order valence-corrected chi connectivity index (χ2v) is 7.19. The first-order chi connectivity index (χ1) is 10.9. The Morgan fingerprint density at radius 3 is 2.48 bits per heavy atom. The Hall–Kier alpha value is -1.71. The number of sulfonamides is 1. The van der Waals surface area contributed by atoms with Gasteiger partial charge in [0.05, 0.1) is 16.9 Å². The van der Waals surface area contributed by atoms with Gasteiger partial charge in [0.1, 0.15) is 0 Å². The van der Waals surface area contributed by atoms with Crippen molar-refractivity contribution in [3.63, 3.8) is 0 Å². The Bertz CT molecular complexity index is 669. The van der Waals surface area contributed by atoms with Crippen LogP contribution in [0.15, 0.2) is 23.1 Å². The zero-order valence-electron chi connectivity index (χ0n) is 13.5. The van der Waals surface area contributed by atoms with Crippen LogP contribution in [0.2, 0.25) is 0 Å². The summed E-state index contributed by atoms with van der Waals surface area (Å²) < 4.78 is 32.8. The molecule has 1 aromatic rings. The number of methoxy groups -OCH3 is 1. The van der Waals surface area contributed by atoms with Crippen molar-refractivity contribution in [1.29, 1.82) is 0 Å². The Kier molecular flexibility index (Phi) is 5.55. The Balaban J connectivity index is 2.21. The third-order valence-electron chi connectivity index (χ3n) is 3.86. The van der Waals surface area contributed by atoms with Crippen LogP contribution in [0.1, 0.15) is 12.8 Å². The maximum Gasteiger partial charge on any atom is 0.358 e. The molecule has 23 heavy (non-hydrogen) atoms. The molecule has 0 aliphatic carbocycles. The van der Waals surface area contributed by atoms with Gasteiger partial charge in [-0.1, -0.05) is 0 Å². The largest absolute Gasteiger partial charge is 0.490 e. The standard InChI is InChI=1S/C14H22N3O5S/c1-16-8-6-11(7-9-16)15-23(19,20)12-4-5-13(17(18)22-3)14(10-12)21-2/h4-5,10-11,15H,6-9H2,1-3H3/q+1. The van der Waals surface area contributed by atoms with Gasteiger partial charge in [0.25, 0.3) is 4.92 Å². The lowest BCUT2D eigenvalue weighted by Crippen LogP contribution is -2.43. The van der Waals surface area contributed by atoms with E-state index >= 15 is 0 Å². The number of piperidine rings is 1. The van der Waals surface area contributed by atoms with Gasteiger partial charge in [-0.15, -0.1) is 0 Å². The summed E-state index contributed by atoms with van der Waals surface area (Å²) in [6, 6.07) is 3.95. The minimum absolute atomic E-state index is 0.0570. The quantitative estimate of drug-likeness (QED) is 0.776. The molecule has 0 amide bonds. The lowest BCUT2D eigenvalue weighted by molar-refractivity contribution is -0.736. The van der Waals surface area contributed by atoms with Crippen molar-refractivity contribution in [2.24, 2.45) is 0 Å². The molecular weight excluding hydrogens is 322 g/mol. The second-order valence-electron chi connectivity index (χ2n) is 5.47. The van der Waals surface area contributed by atoms with Crippen LogP contribution < -0.4 is 9.46 Å². The highest BCUT2D eigenvalue weighted by Gasteiger charge is 2.27. The van der Waals surface area contributed by atoms with Gasteiger partial charge in [0.2, 0.25) is 15.8 Å². The van der Waals surface area contributed by atoms with Crippen molar-refractivity contribution in [2.45, 2.75) is 23.8 Å². The van der Waals surface area contributed by atoms with E-state index in [0.717, 1.165) is 25.9 Å². The van der Waals surface area contributed by atoms with Gasteiger partial charge in [-0.2, -0.15) is 0 Å². The summed E-state index contributed by atoms with van der Waals surface area (Å²) in [5.41, 5.74) is 0.105. The topological polar surface area (TPSA) is 88.0 Å². The Morgan fingerprint density at radius 1 is 1.26 bits per heavy atom. The van der Waals surface area contributed by atoms with Gasteiger partial charge in [-0.3, -0.25) is 0 Å². The summed E-state index contributed by atoms with van der Waals surface area (Å²) in [6.45, 7) is 1.71. The molecule has 1 aliphatic rings. The molecule has 0 radical (unpaired) electrons. The summed E-state index contributed by atoms with van der Waals surface area (Å²) in [4.78, 5) is 18.6. The molecule has 1 aliphatic heterocycles. The molecule has 0 spiro atoms. The summed E-state index contributed by atoms with van der Waals surface area (Å²) >= 11 is 0. The molecule has 1 aromatic carbocycles. The molecule has 1 fully saturated rings. The first-order valence-electron chi connectivity index (χ1n) is 7.27. The highest BCUT2D eigenvalue weighted by molar-refractivity contribution is 7.89. The molecule has 1 N–H and O–H groups in total. The van der Waals surface area contributed by atoms with Crippen LogP contribution in [-0.2, 0) is 14.9 Å². The van der Waals surface area contributed by atoms with Crippen LogP contribution in [0.4, 0.5) is 5.69 Å². The number of nitrogens with zero attached hydrogens (tertiary/aromatic N) is 2. The number of likely N-dealkylation sites (tertiary alicyclic amines) is 1. The Labute approximate surface area is 136 Å². The minimum atomic E-state index is -3.67. The highest BCUT2D eigenvalue weighted by atomic mass is 32.2. The van der Waals surface area contributed by atoms with Gasteiger partial charge in [0, 0.05) is 18.2 Å². The molecule has 9 heteroatoms. The molecule has 0 aromatic heterocycles.